The van der Waals surface area contributed by atoms with Crippen molar-refractivity contribution >= 4 is 11.4 Å². The quantitative estimate of drug-likeness (QED) is 0.732. The van der Waals surface area contributed by atoms with Gasteiger partial charge < -0.3 is 10.6 Å². The summed E-state index contributed by atoms with van der Waals surface area (Å²) in [5.74, 6) is 0. The molecule has 0 radical (unpaired) electrons. The third-order valence-corrected chi connectivity index (χ3v) is 3.29. The fourth-order valence-electron chi connectivity index (χ4n) is 2.30. The second-order valence-corrected chi connectivity index (χ2v) is 4.42. The first kappa shape index (κ1) is 10.8. The van der Waals surface area contributed by atoms with Gasteiger partial charge in [-0.2, -0.15) is 5.26 Å². The predicted octanol–water partition coefficient (Wildman–Crippen LogP) is 2.52. The molecule has 16 heavy (non-hydrogen) atoms. The van der Waals surface area contributed by atoms with E-state index in [1.165, 1.54) is 19.3 Å². The molecule has 1 heterocycles. The van der Waals surface area contributed by atoms with Gasteiger partial charge in [-0.15, -0.1) is 0 Å². The summed E-state index contributed by atoms with van der Waals surface area (Å²) in [6.07, 6.45) is 3.76. The number of nitriles is 1. The van der Waals surface area contributed by atoms with Crippen LogP contribution in [0.25, 0.3) is 0 Å². The third kappa shape index (κ3) is 1.96. The number of benzene rings is 1. The summed E-state index contributed by atoms with van der Waals surface area (Å²) in [6.45, 7) is 3.32. The number of nitrogens with zero attached hydrogens (tertiary/aromatic N) is 2. The zero-order valence-corrected chi connectivity index (χ0v) is 9.61. The van der Waals surface area contributed by atoms with Crippen molar-refractivity contribution in [2.75, 3.05) is 17.2 Å². The highest BCUT2D eigenvalue weighted by atomic mass is 15.2. The summed E-state index contributed by atoms with van der Waals surface area (Å²) in [6, 6.07) is 8.44. The highest BCUT2D eigenvalue weighted by Crippen LogP contribution is 2.27. The molecule has 0 unspecified atom stereocenters. The molecular formula is C13H17N3. The van der Waals surface area contributed by atoms with Gasteiger partial charge in [0.2, 0.25) is 0 Å². The van der Waals surface area contributed by atoms with E-state index in [9.17, 15) is 0 Å². The molecule has 0 aliphatic carbocycles. The molecule has 1 aliphatic rings. The van der Waals surface area contributed by atoms with E-state index < -0.39 is 0 Å². The van der Waals surface area contributed by atoms with Crippen molar-refractivity contribution in [1.29, 1.82) is 5.26 Å². The van der Waals surface area contributed by atoms with Crippen molar-refractivity contribution in [2.45, 2.75) is 32.2 Å². The minimum Gasteiger partial charge on any atom is -0.398 e. The lowest BCUT2D eigenvalue weighted by Gasteiger charge is -2.35. The second kappa shape index (κ2) is 4.44. The van der Waals surface area contributed by atoms with Crippen molar-refractivity contribution in [1.82, 2.24) is 0 Å². The van der Waals surface area contributed by atoms with Gasteiger partial charge in [0.1, 0.15) is 6.07 Å². The summed E-state index contributed by atoms with van der Waals surface area (Å²) in [5.41, 5.74) is 7.99. The highest BCUT2D eigenvalue weighted by Gasteiger charge is 2.18. The molecule has 1 aliphatic heterocycles. The van der Waals surface area contributed by atoms with E-state index >= 15 is 0 Å². The summed E-state index contributed by atoms with van der Waals surface area (Å²) in [7, 11) is 0. The molecule has 84 valence electrons. The van der Waals surface area contributed by atoms with Crippen LogP contribution in [0.5, 0.6) is 0 Å². The van der Waals surface area contributed by atoms with Crippen LogP contribution < -0.4 is 10.6 Å². The van der Waals surface area contributed by atoms with E-state index in [0.717, 1.165) is 12.2 Å². The maximum absolute atomic E-state index is 8.96. The number of piperidine rings is 1. The summed E-state index contributed by atoms with van der Waals surface area (Å²) < 4.78 is 0. The van der Waals surface area contributed by atoms with Crippen molar-refractivity contribution < 1.29 is 0 Å². The van der Waals surface area contributed by atoms with Gasteiger partial charge in [-0.05, 0) is 44.4 Å². The predicted molar refractivity (Wildman–Crippen MR) is 66.2 cm³/mol. The number of nitrogen functional groups attached to an aromatic ring is 1. The van der Waals surface area contributed by atoms with Gasteiger partial charge in [-0.1, -0.05) is 0 Å². The van der Waals surface area contributed by atoms with Crippen LogP contribution in [0.2, 0.25) is 0 Å². The third-order valence-electron chi connectivity index (χ3n) is 3.29. The Balaban J connectivity index is 2.29. The average molecular weight is 215 g/mol. The number of nitrogens with two attached hydrogens (primary N) is 1. The average Bonchev–Trinajstić information content (AvgIpc) is 2.31. The number of hydrogen-bond acceptors (Lipinski definition) is 3. The van der Waals surface area contributed by atoms with E-state index in [1.54, 1.807) is 0 Å². The lowest BCUT2D eigenvalue weighted by molar-refractivity contribution is 0.485. The molecule has 0 spiro atoms. The Morgan fingerprint density at radius 2 is 2.25 bits per heavy atom. The van der Waals surface area contributed by atoms with Crippen LogP contribution in [0, 0.1) is 11.3 Å². The molecule has 2 rings (SSSR count). The largest absolute Gasteiger partial charge is 0.398 e. The smallest absolute Gasteiger partial charge is 0.101 e. The van der Waals surface area contributed by atoms with Gasteiger partial charge in [0.05, 0.1) is 5.56 Å². The van der Waals surface area contributed by atoms with E-state index in [-0.39, 0.29) is 0 Å². The molecule has 2 N–H and O–H groups in total. The molecule has 3 nitrogen and oxygen atoms in total. The van der Waals surface area contributed by atoms with E-state index in [0.29, 0.717) is 17.3 Å². The SMILES string of the molecule is C[C@H]1CCCCN1c1ccc(N)c(C#N)c1. The number of rotatable bonds is 1. The first-order valence-electron chi connectivity index (χ1n) is 5.78. The van der Waals surface area contributed by atoms with Gasteiger partial charge >= 0.3 is 0 Å². The minimum absolute atomic E-state index is 0.559. The molecule has 1 atom stereocenters. The molecule has 1 saturated heterocycles. The summed E-state index contributed by atoms with van der Waals surface area (Å²) >= 11 is 0. The molecule has 1 aromatic rings. The first-order valence-corrected chi connectivity index (χ1v) is 5.78. The maximum Gasteiger partial charge on any atom is 0.101 e. The van der Waals surface area contributed by atoms with E-state index in [4.69, 9.17) is 11.0 Å². The molecular weight excluding hydrogens is 198 g/mol. The summed E-state index contributed by atoms with van der Waals surface area (Å²) in [4.78, 5) is 2.36. The van der Waals surface area contributed by atoms with E-state index in [2.05, 4.69) is 17.9 Å². The molecule has 1 fully saturated rings. The van der Waals surface area contributed by atoms with Crippen LogP contribution in [-0.2, 0) is 0 Å². The van der Waals surface area contributed by atoms with Gasteiger partial charge in [-0.3, -0.25) is 0 Å². The van der Waals surface area contributed by atoms with Gasteiger partial charge in [0, 0.05) is 24.0 Å². The lowest BCUT2D eigenvalue weighted by Crippen LogP contribution is -2.37. The molecule has 0 aromatic heterocycles. The summed E-state index contributed by atoms with van der Waals surface area (Å²) in [5, 5.41) is 8.96. The van der Waals surface area contributed by atoms with Crippen LogP contribution in [0.3, 0.4) is 0 Å². The van der Waals surface area contributed by atoms with Crippen molar-refractivity contribution in [3.63, 3.8) is 0 Å². The Morgan fingerprint density at radius 1 is 1.44 bits per heavy atom. The van der Waals surface area contributed by atoms with Crippen LogP contribution in [0.15, 0.2) is 18.2 Å². The van der Waals surface area contributed by atoms with Crippen LogP contribution in [-0.4, -0.2) is 12.6 Å². The zero-order valence-electron chi connectivity index (χ0n) is 9.61. The van der Waals surface area contributed by atoms with Gasteiger partial charge in [-0.25, -0.2) is 0 Å². The monoisotopic (exact) mass is 215 g/mol. The molecule has 0 bridgehead atoms. The fraction of sp³-hybridized carbons (Fsp3) is 0.462. The van der Waals surface area contributed by atoms with Crippen molar-refractivity contribution in [2.24, 2.45) is 0 Å². The zero-order chi connectivity index (χ0) is 11.5. The van der Waals surface area contributed by atoms with Crippen molar-refractivity contribution in [3.05, 3.63) is 23.8 Å². The number of hydrogen-bond donors (Lipinski definition) is 1. The highest BCUT2D eigenvalue weighted by molar-refractivity contribution is 5.63. The van der Waals surface area contributed by atoms with Gasteiger partial charge in [0.15, 0.2) is 0 Å². The normalized spacial score (nSPS) is 20.5. The fourth-order valence-corrected chi connectivity index (χ4v) is 2.30. The molecule has 3 heteroatoms. The van der Waals surface area contributed by atoms with Crippen LogP contribution in [0.4, 0.5) is 11.4 Å². The standard InChI is InChI=1S/C13H17N3/c1-10-4-2-3-7-16(10)12-5-6-13(15)11(8-12)9-14/h5-6,8,10H,2-4,7,15H2,1H3/t10-/m0/s1. The first-order chi connectivity index (χ1) is 7.72. The van der Waals surface area contributed by atoms with Crippen LogP contribution >= 0.6 is 0 Å². The Labute approximate surface area is 96.5 Å². The van der Waals surface area contributed by atoms with Crippen molar-refractivity contribution in [3.8, 4) is 6.07 Å². The van der Waals surface area contributed by atoms with Gasteiger partial charge in [0.25, 0.3) is 0 Å². The molecule has 0 saturated carbocycles. The minimum atomic E-state index is 0.559. The Morgan fingerprint density at radius 3 is 2.94 bits per heavy atom. The Kier molecular flexibility index (Phi) is 3.00. The maximum atomic E-state index is 8.96. The topological polar surface area (TPSA) is 53.0 Å². The molecule has 1 aromatic carbocycles. The Bertz CT molecular complexity index is 420. The number of anilines is 2. The lowest BCUT2D eigenvalue weighted by atomic mass is 10.0. The Hall–Kier alpha value is -1.69. The van der Waals surface area contributed by atoms with E-state index in [1.807, 2.05) is 18.2 Å². The second-order valence-electron chi connectivity index (χ2n) is 4.42. The molecule has 0 amide bonds. The van der Waals surface area contributed by atoms with Crippen LogP contribution in [0.1, 0.15) is 31.7 Å².